The van der Waals surface area contributed by atoms with Crippen molar-refractivity contribution in [1.29, 1.82) is 0 Å². The van der Waals surface area contributed by atoms with E-state index in [-0.39, 0.29) is 6.17 Å². The van der Waals surface area contributed by atoms with Gasteiger partial charge in [0.05, 0.1) is 24.2 Å². The number of imidazole rings is 1. The molecule has 3 aliphatic rings. The third-order valence-corrected chi connectivity index (χ3v) is 7.71. The number of halogens is 1. The van der Waals surface area contributed by atoms with Crippen molar-refractivity contribution < 1.29 is 4.74 Å². The molecule has 1 fully saturated rings. The summed E-state index contributed by atoms with van der Waals surface area (Å²) in [5.74, 6) is 1.03. The Hall–Kier alpha value is -3.54. The van der Waals surface area contributed by atoms with Gasteiger partial charge >= 0.3 is 0 Å². The van der Waals surface area contributed by atoms with Crippen LogP contribution < -0.4 is 5.32 Å². The first-order valence-electron chi connectivity index (χ1n) is 12.6. The van der Waals surface area contributed by atoms with Crippen LogP contribution in [0.3, 0.4) is 0 Å². The molecule has 0 amide bonds. The van der Waals surface area contributed by atoms with Gasteiger partial charge in [0.2, 0.25) is 0 Å². The number of morpholine rings is 1. The standard InChI is InChI=1S/C30H27ClN4O/c31-22-12-9-20(10-13-22)19-21-11-14-24(28(21)34-15-17-36-18-16-34)30-32-25-6-2-1-5-23(25)29-33-26-7-3-4-8-27(26)35(29)30/h1-10,12-13,19,30,32H,11,14-18H2/b21-19+. The molecule has 0 saturated carbocycles. The van der Waals surface area contributed by atoms with E-state index < -0.39 is 0 Å². The Balaban J connectivity index is 1.42. The minimum absolute atomic E-state index is 0.00346. The minimum Gasteiger partial charge on any atom is -0.378 e. The van der Waals surface area contributed by atoms with Crippen LogP contribution in [0.2, 0.25) is 5.02 Å². The number of nitrogens with zero attached hydrogens (tertiary/aromatic N) is 3. The summed E-state index contributed by atoms with van der Waals surface area (Å²) in [5, 5.41) is 4.66. The molecule has 3 aromatic carbocycles. The zero-order valence-electron chi connectivity index (χ0n) is 20.0. The lowest BCUT2D eigenvalue weighted by molar-refractivity contribution is 0.0544. The first-order valence-corrected chi connectivity index (χ1v) is 13.0. The number of anilines is 1. The van der Waals surface area contributed by atoms with Crippen molar-refractivity contribution >= 4 is 34.4 Å². The van der Waals surface area contributed by atoms with E-state index in [1.54, 1.807) is 0 Å². The Morgan fingerprint density at radius 1 is 0.917 bits per heavy atom. The predicted molar refractivity (Wildman–Crippen MR) is 146 cm³/mol. The molecule has 1 saturated heterocycles. The van der Waals surface area contributed by atoms with Gasteiger partial charge in [0.25, 0.3) is 0 Å². The molecule has 0 bridgehead atoms. The second-order valence-corrected chi connectivity index (χ2v) is 10.0. The lowest BCUT2D eigenvalue weighted by Crippen LogP contribution is -2.37. The first-order chi connectivity index (χ1) is 17.8. The summed E-state index contributed by atoms with van der Waals surface area (Å²) in [7, 11) is 0. The van der Waals surface area contributed by atoms with Gasteiger partial charge in [-0.05, 0) is 72.0 Å². The monoisotopic (exact) mass is 494 g/mol. The number of aromatic nitrogens is 2. The molecule has 7 rings (SSSR count). The van der Waals surface area contributed by atoms with Gasteiger partial charge in [-0.1, -0.05) is 48.0 Å². The Bertz CT molecular complexity index is 1510. The number of rotatable bonds is 3. The maximum Gasteiger partial charge on any atom is 0.145 e. The van der Waals surface area contributed by atoms with E-state index in [2.05, 4.69) is 81.5 Å². The largest absolute Gasteiger partial charge is 0.378 e. The molecule has 0 radical (unpaired) electrons. The summed E-state index contributed by atoms with van der Waals surface area (Å²) >= 11 is 6.16. The van der Waals surface area contributed by atoms with Crippen molar-refractivity contribution in [3.63, 3.8) is 0 Å². The summed E-state index contributed by atoms with van der Waals surface area (Å²) in [4.78, 5) is 7.61. The molecule has 1 atom stereocenters. The molecule has 1 unspecified atom stereocenters. The average Bonchev–Trinajstić information content (AvgIpc) is 3.52. The van der Waals surface area contributed by atoms with E-state index in [1.165, 1.54) is 22.4 Å². The van der Waals surface area contributed by atoms with Gasteiger partial charge in [-0.3, -0.25) is 4.57 Å². The van der Waals surface area contributed by atoms with Crippen molar-refractivity contribution in [3.05, 3.63) is 100 Å². The summed E-state index contributed by atoms with van der Waals surface area (Å²) in [6.07, 6.45) is 4.33. The Morgan fingerprint density at radius 2 is 1.69 bits per heavy atom. The van der Waals surface area contributed by atoms with Crippen LogP contribution in [-0.2, 0) is 4.74 Å². The van der Waals surface area contributed by atoms with E-state index in [0.717, 1.165) is 72.3 Å². The number of hydrogen-bond donors (Lipinski definition) is 1. The Kier molecular flexibility index (Phi) is 5.33. The topological polar surface area (TPSA) is 42.3 Å². The van der Waals surface area contributed by atoms with Crippen LogP contribution in [0.1, 0.15) is 24.6 Å². The van der Waals surface area contributed by atoms with Crippen LogP contribution in [0.15, 0.2) is 89.6 Å². The molecule has 1 aromatic heterocycles. The average molecular weight is 495 g/mol. The van der Waals surface area contributed by atoms with Gasteiger partial charge < -0.3 is 15.0 Å². The van der Waals surface area contributed by atoms with Gasteiger partial charge in [0, 0.05) is 35.1 Å². The van der Waals surface area contributed by atoms with Crippen LogP contribution in [0, 0.1) is 0 Å². The second kappa shape index (κ2) is 8.84. The molecule has 6 heteroatoms. The number of para-hydroxylation sites is 3. The number of allylic oxidation sites excluding steroid dienone is 1. The summed E-state index contributed by atoms with van der Waals surface area (Å²) in [5.41, 5.74) is 9.79. The van der Waals surface area contributed by atoms with Crippen LogP contribution in [0.4, 0.5) is 5.69 Å². The number of ether oxygens (including phenoxy) is 1. The number of hydrogen-bond acceptors (Lipinski definition) is 4. The Morgan fingerprint density at radius 3 is 2.56 bits per heavy atom. The number of nitrogens with one attached hydrogen (secondary N) is 1. The highest BCUT2D eigenvalue weighted by atomic mass is 35.5. The summed E-state index contributed by atoms with van der Waals surface area (Å²) < 4.78 is 8.13. The van der Waals surface area contributed by atoms with Gasteiger partial charge in [-0.25, -0.2) is 4.98 Å². The molecule has 5 nitrogen and oxygen atoms in total. The molecule has 2 aliphatic heterocycles. The maximum absolute atomic E-state index is 6.16. The second-order valence-electron chi connectivity index (χ2n) is 9.58. The molecule has 180 valence electrons. The van der Waals surface area contributed by atoms with E-state index in [9.17, 15) is 0 Å². The van der Waals surface area contributed by atoms with E-state index in [0.29, 0.717) is 0 Å². The van der Waals surface area contributed by atoms with E-state index in [1.807, 2.05) is 12.1 Å². The Labute approximate surface area is 215 Å². The molecule has 1 aliphatic carbocycles. The minimum atomic E-state index is -0.00346. The number of benzene rings is 3. The van der Waals surface area contributed by atoms with Crippen molar-refractivity contribution in [1.82, 2.24) is 14.5 Å². The van der Waals surface area contributed by atoms with Crippen LogP contribution in [0.5, 0.6) is 0 Å². The van der Waals surface area contributed by atoms with Crippen LogP contribution in [0.25, 0.3) is 28.5 Å². The molecular weight excluding hydrogens is 468 g/mol. The zero-order chi connectivity index (χ0) is 24.1. The molecule has 3 heterocycles. The summed E-state index contributed by atoms with van der Waals surface area (Å²) in [6.45, 7) is 3.31. The smallest absolute Gasteiger partial charge is 0.145 e. The van der Waals surface area contributed by atoms with Crippen molar-refractivity contribution in [3.8, 4) is 11.4 Å². The number of fused-ring (bicyclic) bond motifs is 5. The highest BCUT2D eigenvalue weighted by molar-refractivity contribution is 6.30. The van der Waals surface area contributed by atoms with Crippen molar-refractivity contribution in [2.45, 2.75) is 19.0 Å². The molecule has 0 spiro atoms. The third-order valence-electron chi connectivity index (χ3n) is 7.45. The highest BCUT2D eigenvalue weighted by Crippen LogP contribution is 2.46. The maximum atomic E-state index is 6.16. The van der Waals surface area contributed by atoms with Crippen LogP contribution in [-0.4, -0.2) is 40.8 Å². The molecular formula is C30H27ClN4O. The molecule has 36 heavy (non-hydrogen) atoms. The van der Waals surface area contributed by atoms with Crippen LogP contribution >= 0.6 is 11.6 Å². The SMILES string of the molecule is Clc1ccc(/C=C2\CCC(C3Nc4ccccc4-c4nc5ccccc5n43)=C2N2CCOCC2)cc1. The molecule has 4 aromatic rings. The van der Waals surface area contributed by atoms with Gasteiger partial charge in [0.15, 0.2) is 0 Å². The fourth-order valence-electron chi connectivity index (χ4n) is 5.83. The van der Waals surface area contributed by atoms with Crippen molar-refractivity contribution in [2.75, 3.05) is 31.6 Å². The fraction of sp³-hybridized carbons (Fsp3) is 0.233. The van der Waals surface area contributed by atoms with Gasteiger partial charge in [-0.2, -0.15) is 0 Å². The third kappa shape index (κ3) is 3.62. The predicted octanol–water partition coefficient (Wildman–Crippen LogP) is 6.74. The lowest BCUT2D eigenvalue weighted by atomic mass is 10.0. The highest BCUT2D eigenvalue weighted by Gasteiger charge is 2.35. The molecule has 1 N–H and O–H groups in total. The zero-order valence-corrected chi connectivity index (χ0v) is 20.7. The quantitative estimate of drug-likeness (QED) is 0.342. The van der Waals surface area contributed by atoms with E-state index >= 15 is 0 Å². The van der Waals surface area contributed by atoms with Crippen molar-refractivity contribution in [2.24, 2.45) is 0 Å². The van der Waals surface area contributed by atoms with Gasteiger partial charge in [0.1, 0.15) is 12.0 Å². The fourth-order valence-corrected chi connectivity index (χ4v) is 5.95. The lowest BCUT2D eigenvalue weighted by Gasteiger charge is -2.36. The van der Waals surface area contributed by atoms with Gasteiger partial charge in [-0.15, -0.1) is 0 Å². The van der Waals surface area contributed by atoms with E-state index in [4.69, 9.17) is 21.3 Å². The summed E-state index contributed by atoms with van der Waals surface area (Å²) in [6, 6.07) is 25.1. The normalized spacial score (nSPS) is 20.5. The first kappa shape index (κ1) is 21.7.